The van der Waals surface area contributed by atoms with Gasteiger partial charge in [-0.05, 0) is 24.6 Å². The highest BCUT2D eigenvalue weighted by molar-refractivity contribution is 7.90. The first-order valence-electron chi connectivity index (χ1n) is 10.3. The Hall–Kier alpha value is -3.59. The molecule has 3 rings (SSSR count). The molecule has 184 valence electrons. The van der Waals surface area contributed by atoms with Gasteiger partial charge in [0.1, 0.15) is 12.4 Å². The van der Waals surface area contributed by atoms with E-state index in [4.69, 9.17) is 15.2 Å². The summed E-state index contributed by atoms with van der Waals surface area (Å²) < 4.78 is 34.5. The molecule has 0 atom stereocenters. The van der Waals surface area contributed by atoms with Crippen molar-refractivity contribution in [1.82, 2.24) is 15.0 Å². The second-order valence-corrected chi connectivity index (χ2v) is 9.29. The molecule has 0 aromatic carbocycles. The van der Waals surface area contributed by atoms with Crippen molar-refractivity contribution in [3.8, 4) is 0 Å². The maximum absolute atomic E-state index is 12.3. The Labute approximate surface area is 195 Å². The maximum Gasteiger partial charge on any atom is 0.353 e. The first-order valence-corrected chi connectivity index (χ1v) is 12.2. The lowest BCUT2D eigenvalue weighted by Gasteiger charge is -2.28. The van der Waals surface area contributed by atoms with Crippen LogP contribution in [0.4, 0.5) is 23.1 Å². The Kier molecular flexibility index (Phi) is 7.78. The number of carbonyl (C=O) groups excluding carboxylic acids is 1. The van der Waals surface area contributed by atoms with Gasteiger partial charge in [0.2, 0.25) is 21.5 Å². The molecule has 0 aliphatic carbocycles. The second-order valence-electron chi connectivity index (χ2n) is 7.38. The number of nitrogen functional groups attached to an aromatic ring is 1. The third-order valence-electron chi connectivity index (χ3n) is 4.83. The summed E-state index contributed by atoms with van der Waals surface area (Å²) in [5.74, 6) is -1.05. The molecule has 1 aliphatic rings. The number of aromatic nitrogens is 3. The topological polar surface area (TPSA) is 184 Å². The molecular weight excluding hydrogens is 470 g/mol. The summed E-state index contributed by atoms with van der Waals surface area (Å²) in [6, 6.07) is 3.45. The molecule has 1 saturated heterocycles. The number of ether oxygens (including phenoxy) is 2. The van der Waals surface area contributed by atoms with Gasteiger partial charge in [0.05, 0.1) is 24.7 Å². The number of nitrogens with two attached hydrogens (primary N) is 1. The monoisotopic (exact) mass is 495 g/mol. The minimum atomic E-state index is -3.95. The fourth-order valence-electron chi connectivity index (χ4n) is 3.31. The van der Waals surface area contributed by atoms with E-state index in [-0.39, 0.29) is 13.2 Å². The number of pyridine rings is 1. The summed E-state index contributed by atoms with van der Waals surface area (Å²) in [4.78, 5) is 38.4. The molecule has 34 heavy (non-hydrogen) atoms. The average Bonchev–Trinajstić information content (AvgIpc) is 2.78. The van der Waals surface area contributed by atoms with Crippen LogP contribution in [0, 0.1) is 10.1 Å². The summed E-state index contributed by atoms with van der Waals surface area (Å²) in [6.45, 7) is 3.63. The van der Waals surface area contributed by atoms with E-state index in [1.165, 1.54) is 4.90 Å². The molecule has 2 aromatic rings. The van der Waals surface area contributed by atoms with Crippen LogP contribution in [0.15, 0.2) is 23.5 Å². The Balaban J connectivity index is 2.06. The smallest absolute Gasteiger partial charge is 0.353 e. The van der Waals surface area contributed by atoms with E-state index in [1.807, 2.05) is 4.90 Å². The van der Waals surface area contributed by atoms with E-state index < -0.39 is 49.8 Å². The summed E-state index contributed by atoms with van der Waals surface area (Å²) >= 11 is 0. The van der Waals surface area contributed by atoms with Crippen LogP contribution in [-0.2, 0) is 30.7 Å². The third kappa shape index (κ3) is 6.05. The fraction of sp³-hybridized carbons (Fsp3) is 0.474. The van der Waals surface area contributed by atoms with Crippen LogP contribution in [-0.4, -0.2) is 80.0 Å². The predicted octanol–water partition coefficient (Wildman–Crippen LogP) is 0.172. The largest absolute Gasteiger partial charge is 0.465 e. The maximum atomic E-state index is 12.3. The zero-order chi connectivity index (χ0) is 24.9. The van der Waals surface area contributed by atoms with Crippen molar-refractivity contribution in [3.05, 3.63) is 34.0 Å². The lowest BCUT2D eigenvalue weighted by Crippen LogP contribution is -2.37. The van der Waals surface area contributed by atoms with Gasteiger partial charge < -0.3 is 25.0 Å². The number of hydrogen-bond acceptors (Lipinski definition) is 13. The highest BCUT2D eigenvalue weighted by atomic mass is 32.2. The molecular formula is C19H25N7O7S. The van der Waals surface area contributed by atoms with Crippen molar-refractivity contribution >= 4 is 38.9 Å². The van der Waals surface area contributed by atoms with Crippen molar-refractivity contribution in [1.29, 1.82) is 0 Å². The van der Waals surface area contributed by atoms with E-state index in [0.29, 0.717) is 37.7 Å². The molecule has 2 aromatic heterocycles. The van der Waals surface area contributed by atoms with Crippen LogP contribution in [0.3, 0.4) is 0 Å². The van der Waals surface area contributed by atoms with Crippen LogP contribution in [0.1, 0.15) is 12.5 Å². The first kappa shape index (κ1) is 25.0. The van der Waals surface area contributed by atoms with Gasteiger partial charge in [-0.3, -0.25) is 14.9 Å². The lowest BCUT2D eigenvalue weighted by molar-refractivity contribution is -0.383. The Bertz CT molecular complexity index is 1170. The van der Waals surface area contributed by atoms with Gasteiger partial charge in [-0.1, -0.05) is 0 Å². The second kappa shape index (κ2) is 10.6. The normalized spacial score (nSPS) is 14.0. The van der Waals surface area contributed by atoms with Crippen molar-refractivity contribution in [3.63, 3.8) is 0 Å². The molecule has 0 unspecified atom stereocenters. The van der Waals surface area contributed by atoms with Crippen molar-refractivity contribution in [2.24, 2.45) is 0 Å². The zero-order valence-corrected chi connectivity index (χ0v) is 19.5. The van der Waals surface area contributed by atoms with Crippen LogP contribution < -0.4 is 15.5 Å². The molecule has 1 aliphatic heterocycles. The van der Waals surface area contributed by atoms with E-state index in [9.17, 15) is 23.3 Å². The summed E-state index contributed by atoms with van der Waals surface area (Å²) in [7, 11) is -3.95. The zero-order valence-electron chi connectivity index (χ0n) is 18.7. The van der Waals surface area contributed by atoms with E-state index in [2.05, 4.69) is 15.0 Å². The van der Waals surface area contributed by atoms with Crippen molar-refractivity contribution in [2.45, 2.75) is 18.6 Å². The number of nitro groups is 1. The SMILES string of the molecule is CCOC(=O)CN(Cc1ccnc(N2CCOCC2)c1)c1nc(S(C)(=O)=O)nc(N)c1[N+](=O)[O-]. The lowest BCUT2D eigenvalue weighted by atomic mass is 10.2. The molecule has 3 heterocycles. The van der Waals surface area contributed by atoms with E-state index in [0.717, 1.165) is 6.26 Å². The number of anilines is 3. The molecule has 1 fully saturated rings. The predicted molar refractivity (Wildman–Crippen MR) is 121 cm³/mol. The minimum Gasteiger partial charge on any atom is -0.465 e. The van der Waals surface area contributed by atoms with Crippen molar-refractivity contribution < 1.29 is 27.6 Å². The van der Waals surface area contributed by atoms with Gasteiger partial charge in [-0.2, -0.15) is 9.97 Å². The highest BCUT2D eigenvalue weighted by Gasteiger charge is 2.31. The van der Waals surface area contributed by atoms with Gasteiger partial charge in [-0.15, -0.1) is 0 Å². The van der Waals surface area contributed by atoms with Gasteiger partial charge in [0.15, 0.2) is 0 Å². The quantitative estimate of drug-likeness (QED) is 0.215. The van der Waals surface area contributed by atoms with Gasteiger partial charge in [0.25, 0.3) is 5.16 Å². The number of morpholine rings is 1. The Morgan fingerprint density at radius 3 is 2.68 bits per heavy atom. The van der Waals surface area contributed by atoms with E-state index in [1.54, 1.807) is 25.3 Å². The van der Waals surface area contributed by atoms with Gasteiger partial charge in [0, 0.05) is 32.1 Å². The van der Waals surface area contributed by atoms with Gasteiger partial charge in [-0.25, -0.2) is 13.4 Å². The average molecular weight is 496 g/mol. The summed E-state index contributed by atoms with van der Waals surface area (Å²) in [5, 5.41) is 11.1. The van der Waals surface area contributed by atoms with Gasteiger partial charge >= 0.3 is 11.7 Å². The molecule has 2 N–H and O–H groups in total. The molecule has 15 heteroatoms. The number of rotatable bonds is 9. The molecule has 14 nitrogen and oxygen atoms in total. The first-order chi connectivity index (χ1) is 16.1. The standard InChI is InChI=1S/C19H25N7O7S/c1-3-33-15(27)12-25(11-13-4-5-21-14(10-13)24-6-8-32-9-7-24)18-16(26(28)29)17(20)22-19(23-18)34(2,30)31/h4-5,10H,3,6-9,11-12H2,1-2H3,(H2,20,22,23). The minimum absolute atomic E-state index is 0.0425. The highest BCUT2D eigenvalue weighted by Crippen LogP contribution is 2.33. The Morgan fingerprint density at radius 1 is 1.35 bits per heavy atom. The van der Waals surface area contributed by atoms with Crippen molar-refractivity contribution in [2.75, 3.05) is 61.2 Å². The van der Waals surface area contributed by atoms with Crippen LogP contribution in [0.25, 0.3) is 0 Å². The van der Waals surface area contributed by atoms with Crippen LogP contribution in [0.5, 0.6) is 0 Å². The number of sulfone groups is 1. The van der Waals surface area contributed by atoms with Crippen LogP contribution in [0.2, 0.25) is 0 Å². The molecule has 0 saturated carbocycles. The van der Waals surface area contributed by atoms with Crippen LogP contribution >= 0.6 is 0 Å². The summed E-state index contributed by atoms with van der Waals surface area (Å²) in [5.41, 5.74) is 5.67. The van der Waals surface area contributed by atoms with E-state index >= 15 is 0 Å². The molecule has 0 spiro atoms. The fourth-order valence-corrected chi connectivity index (χ4v) is 3.83. The molecule has 0 amide bonds. The number of nitrogens with zero attached hydrogens (tertiary/aromatic N) is 6. The molecule has 0 bridgehead atoms. The number of esters is 1. The number of hydrogen-bond donors (Lipinski definition) is 1. The summed E-state index contributed by atoms with van der Waals surface area (Å²) in [6.07, 6.45) is 2.43. The Morgan fingerprint density at radius 2 is 2.06 bits per heavy atom. The third-order valence-corrected chi connectivity index (χ3v) is 5.68. The molecule has 0 radical (unpaired) electrons. The number of carbonyl (C=O) groups is 1.